The monoisotopic (exact) mass is 270 g/mol. The number of ether oxygens (including phenoxy) is 1. The molecule has 2 atom stereocenters. The van der Waals surface area contributed by atoms with Gasteiger partial charge < -0.3 is 4.74 Å². The minimum atomic E-state index is -1.05. The van der Waals surface area contributed by atoms with Gasteiger partial charge in [0.1, 0.15) is 17.7 Å². The van der Waals surface area contributed by atoms with Crippen LogP contribution in [0, 0.1) is 16.7 Å². The van der Waals surface area contributed by atoms with Crippen LogP contribution in [0.1, 0.15) is 66.2 Å². The Hall–Kier alpha value is -0.600. The highest BCUT2D eigenvalue weighted by Gasteiger charge is 2.77. The minimum absolute atomic E-state index is 0.0148. The molecule has 0 amide bonds. The number of hydrogen-bond acceptors (Lipinski definition) is 2. The third-order valence-corrected chi connectivity index (χ3v) is 5.38. The molecule has 19 heavy (non-hydrogen) atoms. The van der Waals surface area contributed by atoms with Gasteiger partial charge in [-0.15, -0.1) is 0 Å². The third-order valence-electron chi connectivity index (χ3n) is 5.38. The van der Waals surface area contributed by atoms with E-state index in [0.717, 1.165) is 38.0 Å². The molecule has 3 heteroatoms. The maximum atomic E-state index is 14.2. The second kappa shape index (κ2) is 5.06. The molecule has 0 spiro atoms. The molecule has 2 aliphatic rings. The lowest BCUT2D eigenvalue weighted by Crippen LogP contribution is -2.31. The van der Waals surface area contributed by atoms with Gasteiger partial charge in [0.05, 0.1) is 0 Å². The summed E-state index contributed by atoms with van der Waals surface area (Å²) >= 11 is 0. The lowest BCUT2D eigenvalue weighted by atomic mass is 9.88. The lowest BCUT2D eigenvalue weighted by Gasteiger charge is -2.28. The van der Waals surface area contributed by atoms with Crippen molar-refractivity contribution in [3.63, 3.8) is 0 Å². The Morgan fingerprint density at radius 3 is 2.21 bits per heavy atom. The number of esters is 1. The third kappa shape index (κ3) is 2.30. The van der Waals surface area contributed by atoms with Gasteiger partial charge in [-0.05, 0) is 38.0 Å². The van der Waals surface area contributed by atoms with Crippen molar-refractivity contribution in [3.8, 4) is 0 Å². The van der Waals surface area contributed by atoms with Crippen molar-refractivity contribution in [1.82, 2.24) is 0 Å². The van der Waals surface area contributed by atoms with Gasteiger partial charge in [0.2, 0.25) is 0 Å². The molecule has 0 aromatic carbocycles. The summed E-state index contributed by atoms with van der Waals surface area (Å²) < 4.78 is 19.8. The largest absolute Gasteiger partial charge is 0.462 e. The van der Waals surface area contributed by atoms with E-state index in [9.17, 15) is 9.18 Å². The van der Waals surface area contributed by atoms with E-state index in [1.165, 1.54) is 0 Å². The average molecular weight is 270 g/mol. The minimum Gasteiger partial charge on any atom is -0.462 e. The highest BCUT2D eigenvalue weighted by molar-refractivity contribution is 5.83. The first-order valence-electron chi connectivity index (χ1n) is 7.71. The molecule has 0 bridgehead atoms. The maximum absolute atomic E-state index is 14.2. The van der Waals surface area contributed by atoms with Gasteiger partial charge in [0.25, 0.3) is 0 Å². The molecule has 2 fully saturated rings. The molecule has 0 aliphatic heterocycles. The van der Waals surface area contributed by atoms with Crippen molar-refractivity contribution in [2.75, 3.05) is 0 Å². The number of carbonyl (C=O) groups excluding carboxylic acids is 1. The van der Waals surface area contributed by atoms with Crippen molar-refractivity contribution in [3.05, 3.63) is 0 Å². The van der Waals surface area contributed by atoms with Gasteiger partial charge in [-0.1, -0.05) is 34.1 Å². The van der Waals surface area contributed by atoms with E-state index in [0.29, 0.717) is 6.42 Å². The number of halogens is 1. The summed E-state index contributed by atoms with van der Waals surface area (Å²) in [6.07, 6.45) is 4.49. The quantitative estimate of drug-likeness (QED) is 0.713. The van der Waals surface area contributed by atoms with E-state index in [-0.39, 0.29) is 12.1 Å². The summed E-state index contributed by atoms with van der Waals surface area (Å²) in [4.78, 5) is 12.4. The van der Waals surface area contributed by atoms with Crippen LogP contribution in [0.4, 0.5) is 4.39 Å². The Kier molecular flexibility index (Phi) is 3.95. The molecule has 2 rings (SSSR count). The van der Waals surface area contributed by atoms with E-state index in [2.05, 4.69) is 6.92 Å². The van der Waals surface area contributed by atoms with Crippen LogP contribution in [0.25, 0.3) is 0 Å². The molecule has 1 unspecified atom stereocenters. The maximum Gasteiger partial charge on any atom is 0.316 e. The summed E-state index contributed by atoms with van der Waals surface area (Å²) in [5.74, 6) is 0.442. The second-order valence-electron chi connectivity index (χ2n) is 7.09. The highest BCUT2D eigenvalue weighted by Crippen LogP contribution is 2.68. The molecule has 0 aromatic rings. The SMILES string of the molecule is CCCC1(C(=O)OC2CCC(C)CC2)[C@@H](F)C1(C)C. The van der Waals surface area contributed by atoms with Crippen LogP contribution in [0.5, 0.6) is 0 Å². The first-order valence-corrected chi connectivity index (χ1v) is 7.71. The lowest BCUT2D eigenvalue weighted by molar-refractivity contribution is -0.160. The van der Waals surface area contributed by atoms with Crippen molar-refractivity contribution < 1.29 is 13.9 Å². The van der Waals surface area contributed by atoms with Crippen molar-refractivity contribution in [1.29, 1.82) is 0 Å². The summed E-state index contributed by atoms with van der Waals surface area (Å²) in [7, 11) is 0. The van der Waals surface area contributed by atoms with E-state index < -0.39 is 17.0 Å². The van der Waals surface area contributed by atoms with E-state index in [1.807, 2.05) is 20.8 Å². The summed E-state index contributed by atoms with van der Waals surface area (Å²) in [6, 6.07) is 0. The van der Waals surface area contributed by atoms with Crippen LogP contribution in [0.3, 0.4) is 0 Å². The molecule has 0 N–H and O–H groups in total. The molecule has 0 radical (unpaired) electrons. The Balaban J connectivity index is 1.99. The predicted octanol–water partition coefficient (Wildman–Crippen LogP) is 4.27. The Morgan fingerprint density at radius 2 is 1.79 bits per heavy atom. The number of hydrogen-bond donors (Lipinski definition) is 0. The zero-order chi connectivity index (χ0) is 14.3. The predicted molar refractivity (Wildman–Crippen MR) is 73.5 cm³/mol. The molecule has 0 saturated heterocycles. The Morgan fingerprint density at radius 1 is 1.26 bits per heavy atom. The molecule has 0 heterocycles. The number of carbonyl (C=O) groups is 1. The van der Waals surface area contributed by atoms with Crippen molar-refractivity contribution in [2.45, 2.75) is 78.5 Å². The molecule has 110 valence electrons. The summed E-state index contributed by atoms with van der Waals surface area (Å²) in [5.41, 5.74) is -1.42. The molecule has 2 aliphatic carbocycles. The zero-order valence-corrected chi connectivity index (χ0v) is 12.7. The van der Waals surface area contributed by atoms with Gasteiger partial charge in [0, 0.05) is 5.41 Å². The average Bonchev–Trinajstić information content (AvgIpc) is 2.79. The molecule has 2 saturated carbocycles. The fraction of sp³-hybridized carbons (Fsp3) is 0.938. The van der Waals surface area contributed by atoms with E-state index >= 15 is 0 Å². The highest BCUT2D eigenvalue weighted by atomic mass is 19.1. The molecular formula is C16H27FO2. The normalized spacial score (nSPS) is 40.8. The fourth-order valence-corrected chi connectivity index (χ4v) is 3.70. The van der Waals surface area contributed by atoms with Crippen LogP contribution in [0.15, 0.2) is 0 Å². The van der Waals surface area contributed by atoms with Gasteiger partial charge in [-0.2, -0.15) is 0 Å². The molecule has 0 aromatic heterocycles. The fourth-order valence-electron chi connectivity index (χ4n) is 3.70. The van der Waals surface area contributed by atoms with Crippen LogP contribution < -0.4 is 0 Å². The molecule has 2 nitrogen and oxygen atoms in total. The van der Waals surface area contributed by atoms with Gasteiger partial charge in [0.15, 0.2) is 0 Å². The van der Waals surface area contributed by atoms with Crippen molar-refractivity contribution >= 4 is 5.97 Å². The van der Waals surface area contributed by atoms with Crippen LogP contribution >= 0.6 is 0 Å². The van der Waals surface area contributed by atoms with E-state index in [1.54, 1.807) is 0 Å². The van der Waals surface area contributed by atoms with Crippen LogP contribution in [-0.2, 0) is 9.53 Å². The standard InChI is InChI=1S/C16H27FO2/c1-5-10-16(13(17)15(16,3)4)14(18)19-12-8-6-11(2)7-9-12/h11-13H,5-10H2,1-4H3/t11?,12?,13-,16?/m0/s1. The van der Waals surface area contributed by atoms with Gasteiger partial charge in [-0.25, -0.2) is 4.39 Å². The van der Waals surface area contributed by atoms with Gasteiger partial charge in [-0.3, -0.25) is 4.79 Å². The van der Waals surface area contributed by atoms with Crippen LogP contribution in [0.2, 0.25) is 0 Å². The number of alkyl halides is 1. The first kappa shape index (κ1) is 14.8. The Labute approximate surface area is 116 Å². The van der Waals surface area contributed by atoms with Crippen molar-refractivity contribution in [2.24, 2.45) is 16.7 Å². The topological polar surface area (TPSA) is 26.3 Å². The van der Waals surface area contributed by atoms with Crippen LogP contribution in [-0.4, -0.2) is 18.2 Å². The van der Waals surface area contributed by atoms with E-state index in [4.69, 9.17) is 4.74 Å². The number of rotatable bonds is 4. The molecular weight excluding hydrogens is 243 g/mol. The zero-order valence-electron chi connectivity index (χ0n) is 12.7. The first-order chi connectivity index (χ1) is 8.86. The second-order valence-corrected chi connectivity index (χ2v) is 7.09. The smallest absolute Gasteiger partial charge is 0.316 e. The summed E-state index contributed by atoms with van der Waals surface area (Å²) in [6.45, 7) is 7.92. The Bertz CT molecular complexity index is 345. The summed E-state index contributed by atoms with van der Waals surface area (Å²) in [5, 5.41) is 0. The van der Waals surface area contributed by atoms with Gasteiger partial charge >= 0.3 is 5.97 Å².